The second-order valence-corrected chi connectivity index (χ2v) is 8.75. The Bertz CT molecular complexity index is 869. The number of piperidine rings is 1. The van der Waals surface area contributed by atoms with Crippen LogP contribution in [0, 0.1) is 5.92 Å². The molecule has 0 N–H and O–H groups in total. The number of benzene rings is 1. The van der Waals surface area contributed by atoms with Crippen molar-refractivity contribution in [1.29, 1.82) is 0 Å². The van der Waals surface area contributed by atoms with E-state index in [2.05, 4.69) is 18.0 Å². The number of hydrogen-bond acceptors (Lipinski definition) is 7. The second kappa shape index (κ2) is 6.71. The molecule has 2 fully saturated rings. The molecule has 4 aliphatic rings. The van der Waals surface area contributed by atoms with Crippen LogP contribution in [0.5, 0.6) is 11.5 Å². The maximum absolute atomic E-state index is 12.2. The Morgan fingerprint density at radius 1 is 1.31 bits per heavy atom. The number of carbonyl (C=O) groups is 2. The van der Waals surface area contributed by atoms with Gasteiger partial charge in [-0.3, -0.25) is 4.79 Å². The molecular formula is C22H27NO6. The molecule has 5 atom stereocenters. The van der Waals surface area contributed by atoms with Crippen LogP contribution in [0.2, 0.25) is 0 Å². The van der Waals surface area contributed by atoms with Crippen molar-refractivity contribution in [3.05, 3.63) is 23.3 Å². The van der Waals surface area contributed by atoms with Crippen molar-refractivity contribution in [3.63, 3.8) is 0 Å². The highest BCUT2D eigenvalue weighted by atomic mass is 16.6. The van der Waals surface area contributed by atoms with Crippen molar-refractivity contribution in [2.45, 2.75) is 56.3 Å². The quantitative estimate of drug-likeness (QED) is 0.563. The number of hydrogen-bond donors (Lipinski definition) is 0. The molecule has 1 saturated carbocycles. The van der Waals surface area contributed by atoms with E-state index in [0.717, 1.165) is 32.2 Å². The molecule has 2 bridgehead atoms. The highest BCUT2D eigenvalue weighted by molar-refractivity contribution is 5.73. The number of likely N-dealkylation sites (N-methyl/N-ethyl adjacent to an activating group) is 1. The molecule has 1 aromatic rings. The summed E-state index contributed by atoms with van der Waals surface area (Å²) in [6.45, 7) is 2.30. The Labute approximate surface area is 170 Å². The van der Waals surface area contributed by atoms with E-state index < -0.39 is 0 Å². The molecule has 7 nitrogen and oxygen atoms in total. The summed E-state index contributed by atoms with van der Waals surface area (Å²) in [4.78, 5) is 26.3. The van der Waals surface area contributed by atoms with Gasteiger partial charge in [-0.1, -0.05) is 6.07 Å². The van der Waals surface area contributed by atoms with Crippen LogP contribution in [-0.4, -0.2) is 62.4 Å². The standard InChI is InChI=1S/C22H27NO6/c1-12(24)27-16-6-4-13-10-15-14-5-7-17(28-18(25)11-26-3)21-22(14,8-9-23(15)2)19(13)20(16)29-21/h4,6,14-15,17,21H,5,7-11H2,1-3H3/t14-,15+,17-,21-,22-/m0/s1. The summed E-state index contributed by atoms with van der Waals surface area (Å²) in [5.41, 5.74) is 2.24. The molecule has 0 aromatic heterocycles. The fourth-order valence-electron chi connectivity index (χ4n) is 6.36. The van der Waals surface area contributed by atoms with Crippen LogP contribution in [0.4, 0.5) is 0 Å². The minimum absolute atomic E-state index is 0.0676. The average molecular weight is 401 g/mol. The van der Waals surface area contributed by atoms with Crippen molar-refractivity contribution in [1.82, 2.24) is 4.90 Å². The van der Waals surface area contributed by atoms with E-state index in [1.165, 1.54) is 25.2 Å². The molecule has 0 amide bonds. The smallest absolute Gasteiger partial charge is 0.332 e. The van der Waals surface area contributed by atoms with E-state index in [9.17, 15) is 9.59 Å². The van der Waals surface area contributed by atoms with Crippen molar-refractivity contribution >= 4 is 11.9 Å². The highest BCUT2D eigenvalue weighted by Crippen LogP contribution is 2.64. The fourth-order valence-corrected chi connectivity index (χ4v) is 6.36. The molecule has 156 valence electrons. The van der Waals surface area contributed by atoms with Gasteiger partial charge in [-0.05, 0) is 56.8 Å². The summed E-state index contributed by atoms with van der Waals surface area (Å²) in [5.74, 6) is 0.843. The molecule has 2 heterocycles. The van der Waals surface area contributed by atoms with E-state index in [1.54, 1.807) is 0 Å². The van der Waals surface area contributed by atoms with Crippen molar-refractivity contribution in [2.75, 3.05) is 27.3 Å². The lowest BCUT2D eigenvalue weighted by molar-refractivity contribution is -0.169. The molecule has 1 saturated heterocycles. The second-order valence-electron chi connectivity index (χ2n) is 8.75. The first kappa shape index (κ1) is 18.9. The summed E-state index contributed by atoms with van der Waals surface area (Å²) in [5, 5.41) is 0. The van der Waals surface area contributed by atoms with Crippen LogP contribution < -0.4 is 9.47 Å². The Hall–Kier alpha value is -2.12. The summed E-state index contributed by atoms with van der Waals surface area (Å²) < 4.78 is 22.8. The first-order chi connectivity index (χ1) is 14.0. The summed E-state index contributed by atoms with van der Waals surface area (Å²) in [6.07, 6.45) is 3.07. The number of ether oxygens (including phenoxy) is 4. The molecular weight excluding hydrogens is 374 g/mol. The van der Waals surface area contributed by atoms with Gasteiger partial charge in [0.05, 0.1) is 0 Å². The van der Waals surface area contributed by atoms with Crippen LogP contribution in [0.1, 0.15) is 37.3 Å². The van der Waals surface area contributed by atoms with Gasteiger partial charge < -0.3 is 23.8 Å². The van der Waals surface area contributed by atoms with Gasteiger partial charge in [0.15, 0.2) is 11.5 Å². The zero-order chi connectivity index (χ0) is 20.3. The normalized spacial score (nSPS) is 34.2. The summed E-state index contributed by atoms with van der Waals surface area (Å²) >= 11 is 0. The predicted molar refractivity (Wildman–Crippen MR) is 103 cm³/mol. The molecule has 29 heavy (non-hydrogen) atoms. The topological polar surface area (TPSA) is 74.3 Å². The van der Waals surface area contributed by atoms with Gasteiger partial charge in [-0.25, -0.2) is 4.79 Å². The van der Waals surface area contributed by atoms with Gasteiger partial charge >= 0.3 is 11.9 Å². The summed E-state index contributed by atoms with van der Waals surface area (Å²) in [6, 6.07) is 4.36. The lowest BCUT2D eigenvalue weighted by Crippen LogP contribution is -2.66. The fraction of sp³-hybridized carbons (Fsp3) is 0.636. The first-order valence-electron chi connectivity index (χ1n) is 10.4. The molecule has 0 unspecified atom stereocenters. The minimum Gasteiger partial charge on any atom is -0.481 e. The van der Waals surface area contributed by atoms with Crippen LogP contribution >= 0.6 is 0 Å². The lowest BCUT2D eigenvalue weighted by Gasteiger charge is -2.58. The monoisotopic (exact) mass is 401 g/mol. The van der Waals surface area contributed by atoms with Crippen molar-refractivity contribution in [2.24, 2.45) is 5.92 Å². The molecule has 7 heteroatoms. The van der Waals surface area contributed by atoms with Crippen molar-refractivity contribution < 1.29 is 28.5 Å². The SMILES string of the molecule is COCC(=O)O[C@H]1CC[C@H]2[C@H]3Cc4ccc(OC(C)=O)c5c4[C@@]2(CCN3C)[C@H]1O5. The number of carbonyl (C=O) groups excluding carboxylic acids is 2. The van der Waals surface area contributed by atoms with Gasteiger partial charge in [-0.15, -0.1) is 0 Å². The Morgan fingerprint density at radius 2 is 2.14 bits per heavy atom. The number of methoxy groups -OCH3 is 1. The zero-order valence-electron chi connectivity index (χ0n) is 17.1. The number of likely N-dealkylation sites (tertiary alicyclic amines) is 1. The van der Waals surface area contributed by atoms with Crippen LogP contribution in [0.15, 0.2) is 12.1 Å². The molecule has 1 spiro atoms. The third-order valence-electron chi connectivity index (χ3n) is 7.32. The number of esters is 2. The van der Waals surface area contributed by atoms with Crippen LogP contribution in [0.3, 0.4) is 0 Å². The molecule has 2 aliphatic carbocycles. The van der Waals surface area contributed by atoms with E-state index in [1.807, 2.05) is 6.07 Å². The first-order valence-corrected chi connectivity index (χ1v) is 10.4. The average Bonchev–Trinajstić information content (AvgIpc) is 3.02. The third-order valence-corrected chi connectivity index (χ3v) is 7.32. The van der Waals surface area contributed by atoms with Crippen molar-refractivity contribution in [3.8, 4) is 11.5 Å². The molecule has 5 rings (SSSR count). The Balaban J connectivity index is 1.61. The predicted octanol–water partition coefficient (Wildman–Crippen LogP) is 1.84. The molecule has 1 aromatic carbocycles. The van der Waals surface area contributed by atoms with E-state index >= 15 is 0 Å². The number of nitrogens with zero attached hydrogens (tertiary/aromatic N) is 1. The number of rotatable bonds is 4. The minimum atomic E-state index is -0.368. The Kier molecular flexibility index (Phi) is 4.37. The van der Waals surface area contributed by atoms with E-state index in [4.69, 9.17) is 18.9 Å². The van der Waals surface area contributed by atoms with Gasteiger partial charge in [0, 0.05) is 31.1 Å². The highest BCUT2D eigenvalue weighted by Gasteiger charge is 2.66. The van der Waals surface area contributed by atoms with Crippen LogP contribution in [-0.2, 0) is 30.9 Å². The van der Waals surface area contributed by atoms with Gasteiger partial charge in [-0.2, -0.15) is 0 Å². The largest absolute Gasteiger partial charge is 0.481 e. The van der Waals surface area contributed by atoms with E-state index in [0.29, 0.717) is 23.5 Å². The zero-order valence-corrected chi connectivity index (χ0v) is 17.1. The molecule has 0 radical (unpaired) electrons. The summed E-state index contributed by atoms with van der Waals surface area (Å²) in [7, 11) is 3.69. The third kappa shape index (κ3) is 2.63. The van der Waals surface area contributed by atoms with Gasteiger partial charge in [0.25, 0.3) is 0 Å². The Morgan fingerprint density at radius 3 is 2.90 bits per heavy atom. The van der Waals surface area contributed by atoms with E-state index in [-0.39, 0.29) is 36.2 Å². The van der Waals surface area contributed by atoms with Gasteiger partial charge in [0.1, 0.15) is 18.8 Å². The van der Waals surface area contributed by atoms with Crippen LogP contribution in [0.25, 0.3) is 0 Å². The maximum atomic E-state index is 12.2. The lowest BCUT2D eigenvalue weighted by atomic mass is 9.51. The van der Waals surface area contributed by atoms with Gasteiger partial charge in [0.2, 0.25) is 0 Å². The maximum Gasteiger partial charge on any atom is 0.332 e. The molecule has 2 aliphatic heterocycles.